The minimum absolute atomic E-state index is 0.0738. The van der Waals surface area contributed by atoms with Crippen LogP contribution in [0.2, 0.25) is 0 Å². The number of hydrogen-bond acceptors (Lipinski definition) is 5. The average Bonchev–Trinajstić information content (AvgIpc) is 2.66. The Morgan fingerprint density at radius 1 is 1.61 bits per heavy atom. The number of nitrogen functional groups attached to an aromatic ring is 1. The summed E-state index contributed by atoms with van der Waals surface area (Å²) in [4.78, 5) is 17.0. The lowest BCUT2D eigenvalue weighted by atomic mass is 10.4. The molecule has 1 aromatic heterocycles. The fourth-order valence-corrected chi connectivity index (χ4v) is 2.16. The summed E-state index contributed by atoms with van der Waals surface area (Å²) in [5.74, 6) is -0.459. The number of aromatic nitrogens is 1. The largest absolute Gasteiger partial charge is 0.382 e. The number of carbonyl (C=O) groups is 1. The van der Waals surface area contributed by atoms with E-state index in [1.807, 2.05) is 6.92 Å². The minimum atomic E-state index is -2.56. The summed E-state index contributed by atoms with van der Waals surface area (Å²) in [5, 5.41) is 3.53. The molecule has 1 rings (SSSR count). The number of halogens is 2. The van der Waals surface area contributed by atoms with Gasteiger partial charge in [-0.2, -0.15) is 0 Å². The summed E-state index contributed by atoms with van der Waals surface area (Å²) in [6, 6.07) is 0. The molecular weight excluding hydrogens is 262 g/mol. The van der Waals surface area contributed by atoms with Crippen LogP contribution in [0.3, 0.4) is 0 Å². The smallest absolute Gasteiger partial charge is 0.267 e. The highest BCUT2D eigenvalue weighted by atomic mass is 32.1. The van der Waals surface area contributed by atoms with E-state index in [1.54, 1.807) is 0 Å². The summed E-state index contributed by atoms with van der Waals surface area (Å²) < 4.78 is 24.4. The van der Waals surface area contributed by atoms with Gasteiger partial charge in [-0.25, -0.2) is 13.8 Å². The molecule has 0 aromatic carbocycles. The summed E-state index contributed by atoms with van der Waals surface area (Å²) in [5.41, 5.74) is 5.61. The maximum absolute atomic E-state index is 12.2. The summed E-state index contributed by atoms with van der Waals surface area (Å²) in [6.07, 6.45) is -1.65. The molecule has 102 valence electrons. The normalized spacial score (nSPS) is 10.7. The van der Waals surface area contributed by atoms with Crippen LogP contribution in [0.1, 0.15) is 23.0 Å². The number of carbonyl (C=O) groups excluding carboxylic acids is 1. The van der Waals surface area contributed by atoms with Gasteiger partial charge >= 0.3 is 0 Å². The van der Waals surface area contributed by atoms with Crippen molar-refractivity contribution in [3.05, 3.63) is 4.88 Å². The maximum Gasteiger partial charge on any atom is 0.267 e. The van der Waals surface area contributed by atoms with Crippen LogP contribution in [0, 0.1) is 0 Å². The number of nitrogens with zero attached hydrogens (tertiary/aromatic N) is 2. The van der Waals surface area contributed by atoms with E-state index in [-0.39, 0.29) is 10.7 Å². The number of nitrogens with two attached hydrogens (primary N) is 1. The van der Waals surface area contributed by atoms with Crippen LogP contribution in [-0.2, 0) is 0 Å². The Hall–Kier alpha value is -1.44. The van der Waals surface area contributed by atoms with E-state index in [2.05, 4.69) is 10.3 Å². The number of alkyl halides is 2. The van der Waals surface area contributed by atoms with E-state index in [4.69, 9.17) is 5.73 Å². The number of thiazole rings is 1. The third kappa shape index (κ3) is 3.80. The van der Waals surface area contributed by atoms with E-state index in [0.29, 0.717) is 11.7 Å². The van der Waals surface area contributed by atoms with Crippen molar-refractivity contribution in [3.8, 4) is 0 Å². The van der Waals surface area contributed by atoms with Gasteiger partial charge in [-0.05, 0) is 6.42 Å². The quantitative estimate of drug-likeness (QED) is 0.833. The molecule has 5 nitrogen and oxygen atoms in total. The van der Waals surface area contributed by atoms with Crippen LogP contribution in [0.4, 0.5) is 19.7 Å². The highest BCUT2D eigenvalue weighted by Gasteiger charge is 2.21. The van der Waals surface area contributed by atoms with Crippen molar-refractivity contribution in [2.24, 2.45) is 0 Å². The van der Waals surface area contributed by atoms with Gasteiger partial charge < -0.3 is 16.0 Å². The molecule has 0 fully saturated rings. The van der Waals surface area contributed by atoms with Gasteiger partial charge in [0.05, 0.1) is 6.54 Å². The van der Waals surface area contributed by atoms with Gasteiger partial charge in [-0.3, -0.25) is 4.79 Å². The fourth-order valence-electron chi connectivity index (χ4n) is 1.26. The SMILES string of the molecule is CCCNc1nc(N)c(C(=O)N(C)CC(F)F)s1. The van der Waals surface area contributed by atoms with E-state index in [9.17, 15) is 13.6 Å². The Morgan fingerprint density at radius 2 is 2.28 bits per heavy atom. The molecule has 8 heteroatoms. The molecule has 1 heterocycles. The van der Waals surface area contributed by atoms with Gasteiger partial charge in [0, 0.05) is 13.6 Å². The lowest BCUT2D eigenvalue weighted by molar-refractivity contribution is 0.0625. The molecular formula is C10H16F2N4OS. The molecule has 0 atom stereocenters. The molecule has 0 saturated heterocycles. The minimum Gasteiger partial charge on any atom is -0.382 e. The summed E-state index contributed by atoms with van der Waals surface area (Å²) in [6.45, 7) is 2.09. The second-order valence-corrected chi connectivity index (χ2v) is 4.74. The third-order valence-electron chi connectivity index (χ3n) is 2.13. The second kappa shape index (κ2) is 6.48. The molecule has 0 spiro atoms. The van der Waals surface area contributed by atoms with Crippen molar-refractivity contribution in [1.82, 2.24) is 9.88 Å². The van der Waals surface area contributed by atoms with E-state index in [0.717, 1.165) is 22.7 Å². The topological polar surface area (TPSA) is 71.2 Å². The lowest BCUT2D eigenvalue weighted by Gasteiger charge is -2.15. The van der Waals surface area contributed by atoms with Gasteiger partial charge in [0.25, 0.3) is 12.3 Å². The molecule has 0 saturated carbocycles. The zero-order valence-corrected chi connectivity index (χ0v) is 11.1. The van der Waals surface area contributed by atoms with Crippen LogP contribution in [0.15, 0.2) is 0 Å². The molecule has 18 heavy (non-hydrogen) atoms. The molecule has 1 amide bonds. The van der Waals surface area contributed by atoms with Crippen molar-refractivity contribution >= 4 is 28.2 Å². The molecule has 0 aliphatic heterocycles. The maximum atomic E-state index is 12.2. The van der Waals surface area contributed by atoms with Crippen molar-refractivity contribution in [2.45, 2.75) is 19.8 Å². The zero-order chi connectivity index (χ0) is 13.7. The van der Waals surface area contributed by atoms with E-state index < -0.39 is 18.9 Å². The molecule has 0 radical (unpaired) electrons. The zero-order valence-electron chi connectivity index (χ0n) is 10.2. The highest BCUT2D eigenvalue weighted by molar-refractivity contribution is 7.18. The first kappa shape index (κ1) is 14.6. The molecule has 0 aliphatic rings. The number of nitrogens with one attached hydrogen (secondary N) is 1. The van der Waals surface area contributed by atoms with Crippen LogP contribution < -0.4 is 11.1 Å². The predicted octanol–water partition coefficient (Wildman–Crippen LogP) is 1.88. The Morgan fingerprint density at radius 3 is 2.83 bits per heavy atom. The molecule has 3 N–H and O–H groups in total. The second-order valence-electron chi connectivity index (χ2n) is 3.74. The molecule has 0 aliphatic carbocycles. The Kier molecular flexibility index (Phi) is 5.26. The number of hydrogen-bond donors (Lipinski definition) is 2. The lowest BCUT2D eigenvalue weighted by Crippen LogP contribution is -2.31. The van der Waals surface area contributed by atoms with Crippen molar-refractivity contribution < 1.29 is 13.6 Å². The van der Waals surface area contributed by atoms with Gasteiger partial charge in [0.1, 0.15) is 10.7 Å². The highest BCUT2D eigenvalue weighted by Crippen LogP contribution is 2.26. The fraction of sp³-hybridized carbons (Fsp3) is 0.600. The van der Waals surface area contributed by atoms with Gasteiger partial charge in [0.2, 0.25) is 0 Å². The molecule has 0 bridgehead atoms. The van der Waals surface area contributed by atoms with Gasteiger partial charge in [-0.15, -0.1) is 0 Å². The van der Waals surface area contributed by atoms with Crippen molar-refractivity contribution in [1.29, 1.82) is 0 Å². The van der Waals surface area contributed by atoms with Crippen molar-refractivity contribution in [3.63, 3.8) is 0 Å². The summed E-state index contributed by atoms with van der Waals surface area (Å²) in [7, 11) is 1.31. The van der Waals surface area contributed by atoms with Crippen LogP contribution in [-0.4, -0.2) is 42.4 Å². The van der Waals surface area contributed by atoms with Crippen LogP contribution in [0.5, 0.6) is 0 Å². The standard InChI is InChI=1S/C10H16F2N4OS/c1-3-4-14-10-15-8(13)7(18-10)9(17)16(2)5-6(11)12/h6H,3-5,13H2,1-2H3,(H,14,15). The Bertz CT molecular complexity index is 411. The first-order valence-electron chi connectivity index (χ1n) is 5.49. The Balaban J connectivity index is 2.76. The van der Waals surface area contributed by atoms with E-state index in [1.165, 1.54) is 7.05 Å². The first-order valence-corrected chi connectivity index (χ1v) is 6.31. The number of rotatable bonds is 6. The average molecular weight is 278 g/mol. The van der Waals surface area contributed by atoms with Gasteiger partial charge in [0.15, 0.2) is 5.13 Å². The Labute approximate surface area is 108 Å². The van der Waals surface area contributed by atoms with Gasteiger partial charge in [-0.1, -0.05) is 18.3 Å². The third-order valence-corrected chi connectivity index (χ3v) is 3.15. The van der Waals surface area contributed by atoms with Crippen molar-refractivity contribution in [2.75, 3.05) is 31.2 Å². The monoisotopic (exact) mass is 278 g/mol. The van der Waals surface area contributed by atoms with E-state index >= 15 is 0 Å². The molecule has 1 aromatic rings. The van der Waals surface area contributed by atoms with Crippen LogP contribution in [0.25, 0.3) is 0 Å². The predicted molar refractivity (Wildman–Crippen MR) is 68.3 cm³/mol. The summed E-state index contributed by atoms with van der Waals surface area (Å²) >= 11 is 1.08. The van der Waals surface area contributed by atoms with Crippen LogP contribution >= 0.6 is 11.3 Å². The molecule has 0 unspecified atom stereocenters. The number of anilines is 2. The first-order chi connectivity index (χ1) is 8.45. The number of amides is 1.